The van der Waals surface area contributed by atoms with Crippen LogP contribution in [0.4, 0.5) is 0 Å². The average molecular weight is 548 g/mol. The number of aliphatic imine (C=N–C) groups is 1. The molecule has 8 heteroatoms. The van der Waals surface area contributed by atoms with Gasteiger partial charge in [-0.3, -0.25) is 0 Å². The maximum absolute atomic E-state index is 5.50. The highest BCUT2D eigenvalue weighted by Crippen LogP contribution is 2.19. The van der Waals surface area contributed by atoms with Crippen molar-refractivity contribution in [3.05, 3.63) is 77.4 Å². The molecule has 2 N–H and O–H groups in total. The average Bonchev–Trinajstić information content (AvgIpc) is 3.25. The first-order valence-corrected chi connectivity index (χ1v) is 10.8. The standard InChI is InChI=1S/C24H32N6O.HI/c1-4-23-29-28-18-30(23)15-14-26-24(27-17-20-8-6-5-7-9-20)25-13-12-21-16-19(2)10-11-22(21)31-3;/h5-11,16,18H,4,12-15,17H2,1-3H3,(H2,25,26,27);1H. The predicted molar refractivity (Wildman–Crippen MR) is 140 cm³/mol. The number of rotatable bonds is 10. The summed E-state index contributed by atoms with van der Waals surface area (Å²) in [5.74, 6) is 2.70. The molecule has 1 aromatic heterocycles. The highest BCUT2D eigenvalue weighted by Gasteiger charge is 2.06. The molecule has 1 heterocycles. The van der Waals surface area contributed by atoms with Crippen LogP contribution in [-0.4, -0.2) is 40.9 Å². The lowest BCUT2D eigenvalue weighted by Gasteiger charge is -2.15. The molecule has 2 aromatic carbocycles. The van der Waals surface area contributed by atoms with Crippen molar-refractivity contribution in [1.29, 1.82) is 0 Å². The number of nitrogens with one attached hydrogen (secondary N) is 2. The van der Waals surface area contributed by atoms with Gasteiger partial charge in [-0.25, -0.2) is 4.99 Å². The van der Waals surface area contributed by atoms with Crippen LogP contribution in [0.5, 0.6) is 5.75 Å². The third-order valence-corrected chi connectivity index (χ3v) is 5.04. The lowest BCUT2D eigenvalue weighted by atomic mass is 10.1. The zero-order valence-corrected chi connectivity index (χ0v) is 21.4. The molecule has 0 fully saturated rings. The van der Waals surface area contributed by atoms with Gasteiger partial charge in [0.2, 0.25) is 0 Å². The Morgan fingerprint density at radius 2 is 1.88 bits per heavy atom. The van der Waals surface area contributed by atoms with Gasteiger partial charge in [-0.15, -0.1) is 34.2 Å². The topological polar surface area (TPSA) is 76.4 Å². The molecule has 3 rings (SSSR count). The third kappa shape index (κ3) is 7.81. The molecule has 0 aliphatic heterocycles. The molecule has 0 bridgehead atoms. The monoisotopic (exact) mass is 548 g/mol. The van der Waals surface area contributed by atoms with Gasteiger partial charge in [0.15, 0.2) is 5.96 Å². The fourth-order valence-electron chi connectivity index (χ4n) is 3.38. The number of aryl methyl sites for hydroxylation is 2. The number of benzene rings is 2. The van der Waals surface area contributed by atoms with Gasteiger partial charge in [0.25, 0.3) is 0 Å². The summed E-state index contributed by atoms with van der Waals surface area (Å²) in [4.78, 5) is 4.77. The number of hydrogen-bond acceptors (Lipinski definition) is 4. The quantitative estimate of drug-likeness (QED) is 0.229. The first kappa shape index (κ1) is 25.6. The number of methoxy groups -OCH3 is 1. The van der Waals surface area contributed by atoms with E-state index in [1.165, 1.54) is 16.7 Å². The number of guanidine groups is 1. The molecule has 0 amide bonds. The summed E-state index contributed by atoms with van der Waals surface area (Å²) in [5, 5.41) is 15.0. The molecule has 3 aromatic rings. The summed E-state index contributed by atoms with van der Waals surface area (Å²) in [7, 11) is 1.71. The van der Waals surface area contributed by atoms with Gasteiger partial charge in [-0.1, -0.05) is 55.0 Å². The second-order valence-corrected chi connectivity index (χ2v) is 7.36. The van der Waals surface area contributed by atoms with Gasteiger partial charge in [0.05, 0.1) is 13.7 Å². The molecule has 172 valence electrons. The molecule has 0 aliphatic carbocycles. The highest BCUT2D eigenvalue weighted by atomic mass is 127. The zero-order chi connectivity index (χ0) is 21.9. The van der Waals surface area contributed by atoms with E-state index >= 15 is 0 Å². The lowest BCUT2D eigenvalue weighted by molar-refractivity contribution is 0.409. The van der Waals surface area contributed by atoms with Crippen molar-refractivity contribution in [1.82, 2.24) is 25.4 Å². The smallest absolute Gasteiger partial charge is 0.191 e. The summed E-state index contributed by atoms with van der Waals surface area (Å²) < 4.78 is 7.57. The molecule has 0 radical (unpaired) electrons. The van der Waals surface area contributed by atoms with Gasteiger partial charge in [0, 0.05) is 26.1 Å². The molecule has 0 spiro atoms. The van der Waals surface area contributed by atoms with E-state index in [2.05, 4.69) is 63.5 Å². The van der Waals surface area contributed by atoms with Crippen LogP contribution in [0.25, 0.3) is 0 Å². The molecule has 0 unspecified atom stereocenters. The van der Waals surface area contributed by atoms with E-state index in [0.717, 1.165) is 50.0 Å². The number of ether oxygens (including phenoxy) is 1. The van der Waals surface area contributed by atoms with Crippen molar-refractivity contribution in [2.45, 2.75) is 39.8 Å². The maximum Gasteiger partial charge on any atom is 0.191 e. The largest absolute Gasteiger partial charge is 0.496 e. The summed E-state index contributed by atoms with van der Waals surface area (Å²) in [6, 6.07) is 16.5. The molecule has 32 heavy (non-hydrogen) atoms. The minimum absolute atomic E-state index is 0. The number of hydrogen-bond donors (Lipinski definition) is 2. The summed E-state index contributed by atoms with van der Waals surface area (Å²) in [6.45, 7) is 7.08. The Bertz CT molecular complexity index is 974. The Morgan fingerprint density at radius 3 is 2.62 bits per heavy atom. The zero-order valence-electron chi connectivity index (χ0n) is 19.0. The van der Waals surface area contributed by atoms with Crippen molar-refractivity contribution in [2.24, 2.45) is 4.99 Å². The second-order valence-electron chi connectivity index (χ2n) is 7.36. The van der Waals surface area contributed by atoms with Crippen molar-refractivity contribution < 1.29 is 4.74 Å². The van der Waals surface area contributed by atoms with Crippen LogP contribution >= 0.6 is 24.0 Å². The number of aromatic nitrogens is 3. The lowest BCUT2D eigenvalue weighted by Crippen LogP contribution is -2.40. The fraction of sp³-hybridized carbons (Fsp3) is 0.375. The second kappa shape index (κ2) is 13.7. The van der Waals surface area contributed by atoms with Crippen molar-refractivity contribution in [2.75, 3.05) is 20.2 Å². The van der Waals surface area contributed by atoms with Crippen LogP contribution in [-0.2, 0) is 25.9 Å². The molecule has 0 aliphatic rings. The maximum atomic E-state index is 5.50. The van der Waals surface area contributed by atoms with Crippen molar-refractivity contribution in [3.8, 4) is 5.75 Å². The molecule has 0 saturated heterocycles. The SMILES string of the molecule is CCc1nncn1CCNC(=NCc1ccccc1)NCCc1cc(C)ccc1OC.I. The van der Waals surface area contributed by atoms with Crippen LogP contribution < -0.4 is 15.4 Å². The van der Waals surface area contributed by atoms with E-state index in [0.29, 0.717) is 6.54 Å². The van der Waals surface area contributed by atoms with E-state index in [9.17, 15) is 0 Å². The molecular weight excluding hydrogens is 515 g/mol. The molecular formula is C24H33IN6O. The number of halogens is 1. The van der Waals surface area contributed by atoms with E-state index in [4.69, 9.17) is 9.73 Å². The first-order chi connectivity index (χ1) is 15.2. The van der Waals surface area contributed by atoms with Crippen LogP contribution in [0.3, 0.4) is 0 Å². The van der Waals surface area contributed by atoms with E-state index in [-0.39, 0.29) is 24.0 Å². The van der Waals surface area contributed by atoms with Crippen LogP contribution in [0, 0.1) is 6.92 Å². The summed E-state index contributed by atoms with van der Waals surface area (Å²) in [6.07, 6.45) is 3.49. The first-order valence-electron chi connectivity index (χ1n) is 10.8. The normalized spacial score (nSPS) is 11.0. The Hall–Kier alpha value is -2.62. The Balaban J connectivity index is 0.00000363. The van der Waals surface area contributed by atoms with Gasteiger partial charge in [-0.05, 0) is 30.5 Å². The van der Waals surface area contributed by atoms with E-state index < -0.39 is 0 Å². The minimum Gasteiger partial charge on any atom is -0.496 e. The fourth-order valence-corrected chi connectivity index (χ4v) is 3.38. The Kier molecular flexibility index (Phi) is 11.0. The summed E-state index contributed by atoms with van der Waals surface area (Å²) in [5.41, 5.74) is 3.60. The molecule has 0 atom stereocenters. The Labute approximate surface area is 207 Å². The van der Waals surface area contributed by atoms with Gasteiger partial charge in [0.1, 0.15) is 17.9 Å². The van der Waals surface area contributed by atoms with Gasteiger partial charge < -0.3 is 19.9 Å². The molecule has 0 saturated carbocycles. The van der Waals surface area contributed by atoms with Crippen molar-refractivity contribution >= 4 is 29.9 Å². The van der Waals surface area contributed by atoms with Gasteiger partial charge >= 0.3 is 0 Å². The van der Waals surface area contributed by atoms with Crippen molar-refractivity contribution in [3.63, 3.8) is 0 Å². The van der Waals surface area contributed by atoms with E-state index in [1.807, 2.05) is 24.3 Å². The third-order valence-electron chi connectivity index (χ3n) is 5.04. The van der Waals surface area contributed by atoms with Crippen LogP contribution in [0.15, 0.2) is 59.9 Å². The minimum atomic E-state index is 0. The highest BCUT2D eigenvalue weighted by molar-refractivity contribution is 14.0. The summed E-state index contributed by atoms with van der Waals surface area (Å²) >= 11 is 0. The molecule has 7 nitrogen and oxygen atoms in total. The van der Waals surface area contributed by atoms with E-state index in [1.54, 1.807) is 13.4 Å². The Morgan fingerprint density at radius 1 is 1.09 bits per heavy atom. The predicted octanol–water partition coefficient (Wildman–Crippen LogP) is 3.75. The van der Waals surface area contributed by atoms with Crippen LogP contribution in [0.1, 0.15) is 29.4 Å². The van der Waals surface area contributed by atoms with Crippen LogP contribution in [0.2, 0.25) is 0 Å². The number of nitrogens with zero attached hydrogens (tertiary/aromatic N) is 4. The van der Waals surface area contributed by atoms with Gasteiger partial charge in [-0.2, -0.15) is 0 Å².